The van der Waals surface area contributed by atoms with Crippen molar-refractivity contribution in [3.8, 4) is 5.75 Å². The predicted molar refractivity (Wildman–Crippen MR) is 134 cm³/mol. The number of fused-ring (bicyclic) bond motifs is 1. The Morgan fingerprint density at radius 1 is 0.882 bits per heavy atom. The molecule has 1 fully saturated rings. The number of halogens is 1. The zero-order valence-corrected chi connectivity index (χ0v) is 19.2. The van der Waals surface area contributed by atoms with Gasteiger partial charge in [-0.15, -0.1) is 0 Å². The number of aromatic nitrogens is 2. The molecule has 0 saturated carbocycles. The molecule has 0 spiro atoms. The van der Waals surface area contributed by atoms with Crippen molar-refractivity contribution in [2.75, 3.05) is 43.5 Å². The Kier molecular flexibility index (Phi) is 6.53. The van der Waals surface area contributed by atoms with Crippen molar-refractivity contribution >= 4 is 22.7 Å². The minimum Gasteiger partial charge on any atom is -0.494 e. The lowest BCUT2D eigenvalue weighted by molar-refractivity contribution is 0.248. The maximum absolute atomic E-state index is 14.1. The maximum Gasteiger partial charge on any atom is 0.227 e. The average molecular weight is 458 g/mol. The van der Waals surface area contributed by atoms with Gasteiger partial charge in [0.05, 0.1) is 12.6 Å². The SMILES string of the molecule is COc1ccc(CN2CCN(c3nc(NCc4ccccc4)c4ccccc4n3)CC2)cc1F. The van der Waals surface area contributed by atoms with Gasteiger partial charge in [-0.3, -0.25) is 4.90 Å². The van der Waals surface area contributed by atoms with E-state index in [4.69, 9.17) is 14.7 Å². The second-order valence-corrected chi connectivity index (χ2v) is 8.46. The highest BCUT2D eigenvalue weighted by molar-refractivity contribution is 5.90. The normalized spacial score (nSPS) is 14.4. The third-order valence-corrected chi connectivity index (χ3v) is 6.17. The topological polar surface area (TPSA) is 53.5 Å². The quantitative estimate of drug-likeness (QED) is 0.434. The van der Waals surface area contributed by atoms with Crippen LogP contribution in [0.2, 0.25) is 0 Å². The molecule has 1 aliphatic rings. The molecular weight excluding hydrogens is 429 g/mol. The number of nitrogens with zero attached hydrogens (tertiary/aromatic N) is 4. The molecule has 7 heteroatoms. The highest BCUT2D eigenvalue weighted by Gasteiger charge is 2.21. The van der Waals surface area contributed by atoms with E-state index in [9.17, 15) is 4.39 Å². The monoisotopic (exact) mass is 457 g/mol. The number of nitrogens with one attached hydrogen (secondary N) is 1. The highest BCUT2D eigenvalue weighted by atomic mass is 19.1. The molecule has 1 N–H and O–H groups in total. The van der Waals surface area contributed by atoms with Crippen LogP contribution in [0.4, 0.5) is 16.2 Å². The van der Waals surface area contributed by atoms with Crippen LogP contribution in [-0.2, 0) is 13.1 Å². The van der Waals surface area contributed by atoms with E-state index in [1.165, 1.54) is 12.7 Å². The first-order chi connectivity index (χ1) is 16.7. The lowest BCUT2D eigenvalue weighted by Gasteiger charge is -2.35. The molecule has 34 heavy (non-hydrogen) atoms. The molecule has 0 amide bonds. The third kappa shape index (κ3) is 4.94. The Labute approximate surface area is 199 Å². The average Bonchev–Trinajstić information content (AvgIpc) is 2.88. The largest absolute Gasteiger partial charge is 0.494 e. The molecular formula is C27H28FN5O. The Morgan fingerprint density at radius 2 is 1.65 bits per heavy atom. The van der Waals surface area contributed by atoms with Crippen LogP contribution < -0.4 is 15.0 Å². The smallest absolute Gasteiger partial charge is 0.227 e. The number of ether oxygens (including phenoxy) is 1. The lowest BCUT2D eigenvalue weighted by Crippen LogP contribution is -2.46. The van der Waals surface area contributed by atoms with Gasteiger partial charge in [0.2, 0.25) is 5.95 Å². The number of rotatable bonds is 7. The molecule has 1 aromatic heterocycles. The van der Waals surface area contributed by atoms with Crippen molar-refractivity contribution in [1.29, 1.82) is 0 Å². The molecule has 0 atom stereocenters. The molecule has 0 unspecified atom stereocenters. The van der Waals surface area contributed by atoms with Gasteiger partial charge in [-0.05, 0) is 35.4 Å². The van der Waals surface area contributed by atoms with E-state index in [0.717, 1.165) is 54.4 Å². The molecule has 6 nitrogen and oxygen atoms in total. The van der Waals surface area contributed by atoms with Gasteiger partial charge in [0, 0.05) is 44.7 Å². The Hall–Kier alpha value is -3.71. The van der Waals surface area contributed by atoms with Gasteiger partial charge in [-0.1, -0.05) is 48.5 Å². The van der Waals surface area contributed by atoms with Crippen molar-refractivity contribution in [1.82, 2.24) is 14.9 Å². The molecule has 4 aromatic rings. The lowest BCUT2D eigenvalue weighted by atomic mass is 10.2. The Morgan fingerprint density at radius 3 is 2.41 bits per heavy atom. The summed E-state index contributed by atoms with van der Waals surface area (Å²) in [6.07, 6.45) is 0. The van der Waals surface area contributed by atoms with Crippen LogP contribution in [0, 0.1) is 5.82 Å². The van der Waals surface area contributed by atoms with Crippen LogP contribution in [0.25, 0.3) is 10.9 Å². The van der Waals surface area contributed by atoms with Crippen molar-refractivity contribution < 1.29 is 9.13 Å². The van der Waals surface area contributed by atoms with Crippen LogP contribution in [0.15, 0.2) is 72.8 Å². The molecule has 0 aliphatic carbocycles. The van der Waals surface area contributed by atoms with E-state index >= 15 is 0 Å². The summed E-state index contributed by atoms with van der Waals surface area (Å²) in [7, 11) is 1.48. The second-order valence-electron chi connectivity index (χ2n) is 8.46. The van der Waals surface area contributed by atoms with E-state index in [2.05, 4.69) is 33.3 Å². The fraction of sp³-hybridized carbons (Fsp3) is 0.259. The van der Waals surface area contributed by atoms with Crippen LogP contribution in [0.3, 0.4) is 0 Å². The van der Waals surface area contributed by atoms with Crippen molar-refractivity contribution in [2.45, 2.75) is 13.1 Å². The Bertz CT molecular complexity index is 1260. The summed E-state index contributed by atoms with van der Waals surface area (Å²) >= 11 is 0. The Balaban J connectivity index is 1.28. The number of benzene rings is 3. The first-order valence-corrected chi connectivity index (χ1v) is 11.5. The molecule has 174 valence electrons. The van der Waals surface area contributed by atoms with Crippen LogP contribution in [0.1, 0.15) is 11.1 Å². The van der Waals surface area contributed by atoms with Crippen molar-refractivity contribution in [3.63, 3.8) is 0 Å². The molecule has 2 heterocycles. The van der Waals surface area contributed by atoms with E-state index in [-0.39, 0.29) is 11.6 Å². The fourth-order valence-electron chi connectivity index (χ4n) is 4.29. The van der Waals surface area contributed by atoms with Crippen LogP contribution >= 0.6 is 0 Å². The summed E-state index contributed by atoms with van der Waals surface area (Å²) in [5, 5.41) is 4.52. The van der Waals surface area contributed by atoms with Gasteiger partial charge in [0.1, 0.15) is 5.82 Å². The summed E-state index contributed by atoms with van der Waals surface area (Å²) in [5.41, 5.74) is 3.08. The molecule has 3 aromatic carbocycles. The second kappa shape index (κ2) is 10.1. The number of methoxy groups -OCH3 is 1. The number of para-hydroxylation sites is 1. The summed E-state index contributed by atoms with van der Waals surface area (Å²) in [5.74, 6) is 1.54. The molecule has 1 aliphatic heterocycles. The van der Waals surface area contributed by atoms with Gasteiger partial charge < -0.3 is 15.0 Å². The zero-order valence-electron chi connectivity index (χ0n) is 19.2. The van der Waals surface area contributed by atoms with Gasteiger partial charge in [0.25, 0.3) is 0 Å². The highest BCUT2D eigenvalue weighted by Crippen LogP contribution is 2.25. The van der Waals surface area contributed by atoms with E-state index in [0.29, 0.717) is 13.1 Å². The first kappa shape index (κ1) is 22.1. The third-order valence-electron chi connectivity index (χ3n) is 6.17. The van der Waals surface area contributed by atoms with E-state index < -0.39 is 0 Å². The van der Waals surface area contributed by atoms with Crippen LogP contribution in [0.5, 0.6) is 5.75 Å². The first-order valence-electron chi connectivity index (χ1n) is 11.5. The van der Waals surface area contributed by atoms with Crippen molar-refractivity contribution in [3.05, 3.63) is 89.7 Å². The molecule has 0 radical (unpaired) electrons. The zero-order chi connectivity index (χ0) is 23.3. The summed E-state index contributed by atoms with van der Waals surface area (Å²) in [6.45, 7) is 4.75. The number of hydrogen-bond acceptors (Lipinski definition) is 6. The van der Waals surface area contributed by atoms with E-state index in [1.807, 2.05) is 42.5 Å². The van der Waals surface area contributed by atoms with Gasteiger partial charge in [0.15, 0.2) is 11.6 Å². The van der Waals surface area contributed by atoms with Crippen LogP contribution in [-0.4, -0.2) is 48.2 Å². The van der Waals surface area contributed by atoms with Gasteiger partial charge in [-0.25, -0.2) is 9.37 Å². The standard InChI is InChI=1S/C27H28FN5O/c1-34-25-12-11-21(17-23(25)28)19-32-13-15-33(16-14-32)27-30-24-10-6-5-9-22(24)26(31-27)29-18-20-7-3-2-4-8-20/h2-12,17H,13-16,18-19H2,1H3,(H,29,30,31). The predicted octanol–water partition coefficient (Wildman–Crippen LogP) is 4.71. The number of anilines is 2. The fourth-order valence-corrected chi connectivity index (χ4v) is 4.29. The van der Waals surface area contributed by atoms with E-state index in [1.54, 1.807) is 12.1 Å². The molecule has 0 bridgehead atoms. The summed E-state index contributed by atoms with van der Waals surface area (Å²) < 4.78 is 19.1. The summed E-state index contributed by atoms with van der Waals surface area (Å²) in [4.78, 5) is 14.3. The van der Waals surface area contributed by atoms with Gasteiger partial charge in [-0.2, -0.15) is 4.98 Å². The minimum absolute atomic E-state index is 0.277. The summed E-state index contributed by atoms with van der Waals surface area (Å²) in [6, 6.07) is 23.6. The maximum atomic E-state index is 14.1. The molecule has 5 rings (SSSR count). The van der Waals surface area contributed by atoms with Gasteiger partial charge >= 0.3 is 0 Å². The minimum atomic E-state index is -0.321. The molecule has 1 saturated heterocycles. The number of hydrogen-bond donors (Lipinski definition) is 1. The van der Waals surface area contributed by atoms with Crippen molar-refractivity contribution in [2.24, 2.45) is 0 Å². The number of piperazine rings is 1.